The number of hydrogen-bond donors (Lipinski definition) is 4. The van der Waals surface area contributed by atoms with Gasteiger partial charge in [0, 0.05) is 29.4 Å². The number of carbonyl (C=O) groups excluding carboxylic acids is 4. The first-order valence-corrected chi connectivity index (χ1v) is 18.4. The average Bonchev–Trinajstić information content (AvgIpc) is 3.95. The van der Waals surface area contributed by atoms with Gasteiger partial charge in [-0.2, -0.15) is 13.2 Å². The molecule has 5 rings (SSSR count). The highest BCUT2D eigenvalue weighted by Gasteiger charge is 2.41. The normalized spacial score (nSPS) is 17.1. The Morgan fingerprint density at radius 1 is 1.00 bits per heavy atom. The molecule has 3 atom stereocenters. The number of alkyl halides is 3. The molecule has 1 aliphatic heterocycles. The lowest BCUT2D eigenvalue weighted by atomic mass is 9.82. The lowest BCUT2D eigenvalue weighted by Gasteiger charge is -2.28. The molecule has 3 amide bonds. The summed E-state index contributed by atoms with van der Waals surface area (Å²) in [6.07, 6.45) is -6.74. The van der Waals surface area contributed by atoms with Crippen LogP contribution in [0.5, 0.6) is 0 Å². The molecule has 18 heteroatoms. The first kappa shape index (κ1) is 40.2. The highest BCUT2D eigenvalue weighted by molar-refractivity contribution is 7.46. The van der Waals surface area contributed by atoms with Gasteiger partial charge in [-0.15, -0.1) is 0 Å². The molecule has 1 heterocycles. The van der Waals surface area contributed by atoms with Crippen molar-refractivity contribution >= 4 is 42.9 Å². The van der Waals surface area contributed by atoms with Crippen LogP contribution in [0.2, 0.25) is 0 Å². The molecule has 3 unspecified atom stereocenters. The number of aliphatic imine (C=N–C) groups is 1. The molecule has 1 aliphatic carbocycles. The van der Waals surface area contributed by atoms with Gasteiger partial charge in [0.05, 0.1) is 23.6 Å². The van der Waals surface area contributed by atoms with Crippen LogP contribution in [0.25, 0.3) is 0 Å². The number of para-hydroxylation sites is 1. The summed E-state index contributed by atoms with van der Waals surface area (Å²) in [7, 11) is -4.75. The lowest BCUT2D eigenvalue weighted by molar-refractivity contribution is -0.140. The Morgan fingerprint density at radius 2 is 1.69 bits per heavy atom. The van der Waals surface area contributed by atoms with Gasteiger partial charge < -0.3 is 25.6 Å². The van der Waals surface area contributed by atoms with E-state index in [1.54, 1.807) is 30.3 Å². The maximum atomic E-state index is 15.8. The molecular formula is C36H37F4N4O9P. The third-order valence-corrected chi connectivity index (χ3v) is 9.42. The van der Waals surface area contributed by atoms with Crippen LogP contribution in [-0.4, -0.2) is 58.3 Å². The maximum absolute atomic E-state index is 15.8. The molecule has 54 heavy (non-hydrogen) atoms. The number of phosphoric acid groups is 1. The number of benzene rings is 3. The number of amides is 3. The summed E-state index contributed by atoms with van der Waals surface area (Å²) in [4.78, 5) is 77.2. The van der Waals surface area contributed by atoms with Gasteiger partial charge in [0.1, 0.15) is 5.82 Å². The van der Waals surface area contributed by atoms with Crippen molar-refractivity contribution in [2.24, 2.45) is 28.5 Å². The van der Waals surface area contributed by atoms with Crippen molar-refractivity contribution in [2.75, 3.05) is 11.6 Å². The first-order chi connectivity index (χ1) is 25.5. The molecule has 0 radical (unpaired) electrons. The second kappa shape index (κ2) is 17.0. The predicted molar refractivity (Wildman–Crippen MR) is 185 cm³/mol. The van der Waals surface area contributed by atoms with E-state index in [-0.39, 0.29) is 41.3 Å². The number of nitrogens with zero attached hydrogens (tertiary/aromatic N) is 2. The van der Waals surface area contributed by atoms with Crippen molar-refractivity contribution in [3.63, 3.8) is 0 Å². The molecule has 0 spiro atoms. The Bertz CT molecular complexity index is 1940. The zero-order valence-corrected chi connectivity index (χ0v) is 29.5. The standard InChI is InChI=1S/C36H37F4N4O9P/c37-28-10-4-8-26-29(23-6-2-1-3-7-23)42-32(43-33(46)25(9-5-17-36(38,39)40)27(31(41)45)18-21-11-12-21)34(47)44(30(26)28)20-52-35(48)24-15-13-22(14-16-24)19-53-54(49,50)51/h1-4,6-8,10,13-16,21,25,27,32H,5,9,11-12,17-20H2,(H2,41,45)(H,43,46)(H2,49,50,51). The fourth-order valence-electron chi connectivity index (χ4n) is 6.11. The number of benzodiazepines with no additional fused rings is 1. The van der Waals surface area contributed by atoms with E-state index < -0.39 is 87.7 Å². The summed E-state index contributed by atoms with van der Waals surface area (Å²) in [6.45, 7) is -1.35. The molecule has 0 aromatic heterocycles. The molecule has 1 saturated carbocycles. The summed E-state index contributed by atoms with van der Waals surface area (Å²) >= 11 is 0. The van der Waals surface area contributed by atoms with Gasteiger partial charge in [-0.1, -0.05) is 67.4 Å². The van der Waals surface area contributed by atoms with Gasteiger partial charge in [-0.3, -0.25) is 23.8 Å². The fourth-order valence-corrected chi connectivity index (χ4v) is 6.43. The number of phosphoric ester groups is 1. The fraction of sp³-hybridized carbons (Fsp3) is 0.361. The van der Waals surface area contributed by atoms with Gasteiger partial charge in [-0.05, 0) is 48.9 Å². The van der Waals surface area contributed by atoms with E-state index in [4.69, 9.17) is 20.3 Å². The van der Waals surface area contributed by atoms with E-state index in [9.17, 15) is 36.9 Å². The maximum Gasteiger partial charge on any atom is 0.469 e. The quantitative estimate of drug-likeness (QED) is 0.0866. The van der Waals surface area contributed by atoms with Crippen LogP contribution in [0.15, 0.2) is 77.8 Å². The Hall–Kier alpha value is -4.96. The first-order valence-electron chi connectivity index (χ1n) is 16.9. The number of carbonyl (C=O) groups is 4. The van der Waals surface area contributed by atoms with Crippen LogP contribution in [0, 0.1) is 23.6 Å². The molecular weight excluding hydrogens is 739 g/mol. The SMILES string of the molecule is NC(=O)C(CC1CC1)C(CCCC(F)(F)F)C(=O)NC1N=C(c2ccccc2)c2cccc(F)c2N(COC(=O)c2ccc(COP(=O)(O)O)cc2)C1=O. The zero-order chi connectivity index (χ0) is 39.2. The number of nitrogens with one attached hydrogen (secondary N) is 1. The minimum absolute atomic E-state index is 0.0492. The summed E-state index contributed by atoms with van der Waals surface area (Å²) in [5.41, 5.74) is 6.14. The minimum atomic E-state index is -4.75. The second-order valence-corrected chi connectivity index (χ2v) is 14.2. The number of esters is 1. The number of hydrogen-bond acceptors (Lipinski definition) is 8. The smallest absolute Gasteiger partial charge is 0.440 e. The van der Waals surface area contributed by atoms with E-state index in [1.165, 1.54) is 36.4 Å². The Kier molecular flexibility index (Phi) is 12.7. The van der Waals surface area contributed by atoms with Crippen molar-refractivity contribution in [3.8, 4) is 0 Å². The zero-order valence-electron chi connectivity index (χ0n) is 28.6. The summed E-state index contributed by atoms with van der Waals surface area (Å²) in [5.74, 6) is -7.21. The monoisotopic (exact) mass is 776 g/mol. The van der Waals surface area contributed by atoms with Crippen molar-refractivity contribution in [3.05, 3.63) is 101 Å². The molecule has 3 aromatic rings. The molecule has 0 bridgehead atoms. The number of anilines is 1. The van der Waals surface area contributed by atoms with Crippen LogP contribution in [0.3, 0.4) is 0 Å². The Labute approximate surface area is 306 Å². The Morgan fingerprint density at radius 3 is 2.30 bits per heavy atom. The number of nitrogens with two attached hydrogens (primary N) is 1. The van der Waals surface area contributed by atoms with Crippen molar-refractivity contribution < 1.29 is 60.4 Å². The van der Waals surface area contributed by atoms with E-state index >= 15 is 4.39 Å². The third kappa shape index (κ3) is 10.8. The predicted octanol–water partition coefficient (Wildman–Crippen LogP) is 5.13. The van der Waals surface area contributed by atoms with Crippen molar-refractivity contribution in [1.29, 1.82) is 0 Å². The van der Waals surface area contributed by atoms with Gasteiger partial charge in [0.25, 0.3) is 5.91 Å². The molecule has 3 aromatic carbocycles. The van der Waals surface area contributed by atoms with Crippen LogP contribution in [0.1, 0.15) is 65.6 Å². The summed E-state index contributed by atoms with van der Waals surface area (Å²) in [6, 6.07) is 17.4. The van der Waals surface area contributed by atoms with Crippen LogP contribution in [-0.2, 0) is 34.8 Å². The van der Waals surface area contributed by atoms with E-state index in [0.29, 0.717) is 11.1 Å². The highest BCUT2D eigenvalue weighted by atomic mass is 31.2. The largest absolute Gasteiger partial charge is 0.469 e. The third-order valence-electron chi connectivity index (χ3n) is 8.96. The average molecular weight is 777 g/mol. The number of halogens is 4. The van der Waals surface area contributed by atoms with E-state index in [0.717, 1.165) is 23.8 Å². The topological polar surface area (TPSA) is 198 Å². The molecule has 2 aliphatic rings. The number of fused-ring (bicyclic) bond motifs is 1. The Balaban J connectivity index is 1.47. The summed E-state index contributed by atoms with van der Waals surface area (Å²) in [5, 5.41) is 2.48. The van der Waals surface area contributed by atoms with Crippen LogP contribution in [0.4, 0.5) is 23.2 Å². The summed E-state index contributed by atoms with van der Waals surface area (Å²) < 4.78 is 76.1. The van der Waals surface area contributed by atoms with Gasteiger partial charge in [0.15, 0.2) is 6.73 Å². The highest BCUT2D eigenvalue weighted by Crippen LogP contribution is 2.40. The molecule has 288 valence electrons. The lowest BCUT2D eigenvalue weighted by Crippen LogP contribution is -2.51. The number of primary amides is 1. The van der Waals surface area contributed by atoms with Crippen molar-refractivity contribution in [2.45, 2.75) is 57.5 Å². The van der Waals surface area contributed by atoms with E-state index in [2.05, 4.69) is 14.8 Å². The molecule has 0 saturated heterocycles. The molecule has 13 nitrogen and oxygen atoms in total. The second-order valence-electron chi connectivity index (χ2n) is 13.0. The van der Waals surface area contributed by atoms with E-state index in [1.807, 2.05) is 0 Å². The van der Waals surface area contributed by atoms with Crippen molar-refractivity contribution in [1.82, 2.24) is 5.32 Å². The van der Waals surface area contributed by atoms with Crippen LogP contribution < -0.4 is 16.0 Å². The molecule has 5 N–H and O–H groups in total. The number of rotatable bonds is 16. The minimum Gasteiger partial charge on any atom is -0.440 e. The van der Waals surface area contributed by atoms with Crippen LogP contribution >= 0.6 is 7.82 Å². The number of ether oxygens (including phenoxy) is 1. The molecule has 1 fully saturated rings. The van der Waals surface area contributed by atoms with Gasteiger partial charge >= 0.3 is 20.0 Å². The van der Waals surface area contributed by atoms with Gasteiger partial charge in [0.2, 0.25) is 18.0 Å². The van der Waals surface area contributed by atoms with Gasteiger partial charge in [-0.25, -0.2) is 18.7 Å².